The molecule has 0 fully saturated rings. The second-order valence-corrected chi connectivity index (χ2v) is 8.10. The minimum absolute atomic E-state index is 0.321. The molecule has 0 aliphatic carbocycles. The van der Waals surface area contributed by atoms with Gasteiger partial charge in [-0.3, -0.25) is 4.99 Å². The Hall–Kier alpha value is -2.05. The molecule has 2 N–H and O–H groups in total. The second kappa shape index (κ2) is 8.87. The smallest absolute Gasteiger partial charge is 0.191 e. The molecule has 2 aromatic carbocycles. The van der Waals surface area contributed by atoms with Crippen LogP contribution in [0.3, 0.4) is 0 Å². The van der Waals surface area contributed by atoms with E-state index in [0.717, 1.165) is 23.6 Å². The summed E-state index contributed by atoms with van der Waals surface area (Å²) in [5, 5.41) is 7.19. The van der Waals surface area contributed by atoms with Gasteiger partial charge < -0.3 is 10.6 Å². The van der Waals surface area contributed by atoms with Crippen molar-refractivity contribution in [1.82, 2.24) is 10.6 Å². The first kappa shape index (κ1) is 19.3. The number of benzene rings is 2. The van der Waals surface area contributed by atoms with Crippen LogP contribution in [0.2, 0.25) is 5.02 Å². The fourth-order valence-electron chi connectivity index (χ4n) is 2.24. The molecule has 0 heterocycles. The molecule has 0 aliphatic rings. The zero-order valence-corrected chi connectivity index (χ0v) is 15.9. The highest BCUT2D eigenvalue weighted by molar-refractivity contribution is 7.90. The van der Waals surface area contributed by atoms with Crippen LogP contribution in [0.15, 0.2) is 58.4 Å². The molecule has 0 unspecified atom stereocenters. The summed E-state index contributed by atoms with van der Waals surface area (Å²) >= 11 is 5.87. The Labute approximate surface area is 154 Å². The Morgan fingerprint density at radius 1 is 1.00 bits per heavy atom. The third kappa shape index (κ3) is 6.40. The van der Waals surface area contributed by atoms with Crippen LogP contribution in [0, 0.1) is 0 Å². The van der Waals surface area contributed by atoms with Crippen molar-refractivity contribution in [3.8, 4) is 0 Å². The number of nitrogens with zero attached hydrogens (tertiary/aromatic N) is 1. The zero-order chi connectivity index (χ0) is 18.3. The van der Waals surface area contributed by atoms with E-state index in [9.17, 15) is 8.42 Å². The lowest BCUT2D eigenvalue weighted by molar-refractivity contribution is 0.602. The summed E-state index contributed by atoms with van der Waals surface area (Å²) in [5.74, 6) is 0.696. The van der Waals surface area contributed by atoms with Crippen LogP contribution in [-0.2, 0) is 22.8 Å². The number of hydrogen-bond donors (Lipinski definition) is 2. The predicted molar refractivity (Wildman–Crippen MR) is 103 cm³/mol. The first-order chi connectivity index (χ1) is 11.9. The molecule has 5 nitrogen and oxygen atoms in total. The summed E-state index contributed by atoms with van der Waals surface area (Å²) in [4.78, 5) is 4.50. The Balaban J connectivity index is 1.81. The van der Waals surface area contributed by atoms with Crippen molar-refractivity contribution in [2.45, 2.75) is 17.9 Å². The van der Waals surface area contributed by atoms with Gasteiger partial charge in [0, 0.05) is 31.4 Å². The Bertz CT molecular complexity index is 816. The predicted octanol–water partition coefficient (Wildman–Crippen LogP) is 2.65. The van der Waals surface area contributed by atoms with Crippen LogP contribution < -0.4 is 10.6 Å². The molecule has 0 bridgehead atoms. The fourth-order valence-corrected chi connectivity index (χ4v) is 2.99. The van der Waals surface area contributed by atoms with Crippen LogP contribution in [0.25, 0.3) is 0 Å². The average Bonchev–Trinajstić information content (AvgIpc) is 2.59. The third-order valence-electron chi connectivity index (χ3n) is 3.65. The minimum atomic E-state index is -3.16. The van der Waals surface area contributed by atoms with Crippen molar-refractivity contribution >= 4 is 27.4 Å². The van der Waals surface area contributed by atoms with Gasteiger partial charge >= 0.3 is 0 Å². The molecule has 0 aliphatic heterocycles. The lowest BCUT2D eigenvalue weighted by atomic mass is 10.1. The monoisotopic (exact) mass is 379 g/mol. The summed E-state index contributed by atoms with van der Waals surface area (Å²) in [6.45, 7) is 1.30. The van der Waals surface area contributed by atoms with Crippen molar-refractivity contribution in [3.63, 3.8) is 0 Å². The number of hydrogen-bond acceptors (Lipinski definition) is 3. The number of sulfone groups is 1. The molecule has 0 aromatic heterocycles. The van der Waals surface area contributed by atoms with Gasteiger partial charge in [0.1, 0.15) is 0 Å². The normalized spacial score (nSPS) is 12.0. The highest BCUT2D eigenvalue weighted by Crippen LogP contribution is 2.10. The summed E-state index contributed by atoms with van der Waals surface area (Å²) in [5.41, 5.74) is 2.18. The minimum Gasteiger partial charge on any atom is -0.356 e. The molecule has 134 valence electrons. The SMILES string of the molecule is CN=C(NCCc1ccc(Cl)cc1)NCc1ccc(S(C)(=O)=O)cc1. The maximum Gasteiger partial charge on any atom is 0.191 e. The van der Waals surface area contributed by atoms with Crippen molar-refractivity contribution < 1.29 is 8.42 Å². The maximum atomic E-state index is 11.5. The fraction of sp³-hybridized carbons (Fsp3) is 0.278. The van der Waals surface area contributed by atoms with Crippen molar-refractivity contribution in [2.24, 2.45) is 4.99 Å². The zero-order valence-electron chi connectivity index (χ0n) is 14.3. The van der Waals surface area contributed by atoms with Gasteiger partial charge in [-0.2, -0.15) is 0 Å². The van der Waals surface area contributed by atoms with E-state index in [2.05, 4.69) is 15.6 Å². The number of nitrogens with one attached hydrogen (secondary N) is 2. The Kier molecular flexibility index (Phi) is 6.84. The number of rotatable bonds is 6. The highest BCUT2D eigenvalue weighted by Gasteiger charge is 2.06. The van der Waals surface area contributed by atoms with E-state index in [1.165, 1.54) is 11.8 Å². The van der Waals surface area contributed by atoms with E-state index >= 15 is 0 Å². The summed E-state index contributed by atoms with van der Waals surface area (Å²) in [7, 11) is -1.45. The average molecular weight is 380 g/mol. The van der Waals surface area contributed by atoms with E-state index in [0.29, 0.717) is 17.4 Å². The van der Waals surface area contributed by atoms with Crippen LogP contribution in [-0.4, -0.2) is 34.2 Å². The molecular weight excluding hydrogens is 358 g/mol. The van der Waals surface area contributed by atoms with E-state index in [1.54, 1.807) is 31.3 Å². The summed E-state index contributed by atoms with van der Waals surface area (Å²) in [6.07, 6.45) is 2.06. The molecule has 0 saturated heterocycles. The lowest BCUT2D eigenvalue weighted by Crippen LogP contribution is -2.37. The van der Waals surface area contributed by atoms with Gasteiger partial charge in [0.05, 0.1) is 4.90 Å². The lowest BCUT2D eigenvalue weighted by Gasteiger charge is -2.12. The first-order valence-electron chi connectivity index (χ1n) is 7.86. The van der Waals surface area contributed by atoms with Crippen molar-refractivity contribution in [3.05, 3.63) is 64.7 Å². The summed E-state index contributed by atoms with van der Waals surface area (Å²) < 4.78 is 22.9. The van der Waals surface area contributed by atoms with Gasteiger partial charge in [0.25, 0.3) is 0 Å². The molecule has 7 heteroatoms. The van der Waals surface area contributed by atoms with E-state index in [1.807, 2.05) is 24.3 Å². The second-order valence-electron chi connectivity index (χ2n) is 5.65. The highest BCUT2D eigenvalue weighted by atomic mass is 35.5. The van der Waals surface area contributed by atoms with Gasteiger partial charge in [-0.1, -0.05) is 35.9 Å². The Morgan fingerprint density at radius 2 is 1.60 bits per heavy atom. The van der Waals surface area contributed by atoms with Gasteiger partial charge in [0.15, 0.2) is 15.8 Å². The number of halogens is 1. The number of guanidine groups is 1. The van der Waals surface area contributed by atoms with Gasteiger partial charge in [-0.05, 0) is 41.8 Å². The topological polar surface area (TPSA) is 70.6 Å². The van der Waals surface area contributed by atoms with E-state index in [-0.39, 0.29) is 0 Å². The van der Waals surface area contributed by atoms with Crippen LogP contribution in [0.4, 0.5) is 0 Å². The third-order valence-corrected chi connectivity index (χ3v) is 5.03. The molecule has 25 heavy (non-hydrogen) atoms. The molecule has 0 atom stereocenters. The van der Waals surface area contributed by atoms with Crippen molar-refractivity contribution in [1.29, 1.82) is 0 Å². The quantitative estimate of drug-likeness (QED) is 0.598. The van der Waals surface area contributed by atoms with Gasteiger partial charge in [0.2, 0.25) is 0 Å². The van der Waals surface area contributed by atoms with Crippen LogP contribution in [0.5, 0.6) is 0 Å². The summed E-state index contributed by atoms with van der Waals surface area (Å²) in [6, 6.07) is 14.6. The molecule has 0 saturated carbocycles. The molecule has 0 spiro atoms. The molecule has 0 radical (unpaired) electrons. The Morgan fingerprint density at radius 3 is 2.16 bits per heavy atom. The maximum absolute atomic E-state index is 11.5. The molecular formula is C18H22ClN3O2S. The van der Waals surface area contributed by atoms with Crippen LogP contribution >= 0.6 is 11.6 Å². The number of aliphatic imine (C=N–C) groups is 1. The largest absolute Gasteiger partial charge is 0.356 e. The van der Waals surface area contributed by atoms with Gasteiger partial charge in [-0.15, -0.1) is 0 Å². The molecule has 2 aromatic rings. The molecule has 0 amide bonds. The van der Waals surface area contributed by atoms with Crippen LogP contribution in [0.1, 0.15) is 11.1 Å². The van der Waals surface area contributed by atoms with E-state index < -0.39 is 9.84 Å². The van der Waals surface area contributed by atoms with E-state index in [4.69, 9.17) is 11.6 Å². The van der Waals surface area contributed by atoms with Gasteiger partial charge in [-0.25, -0.2) is 8.42 Å². The first-order valence-corrected chi connectivity index (χ1v) is 10.1. The van der Waals surface area contributed by atoms with Crippen molar-refractivity contribution in [2.75, 3.05) is 19.8 Å². The standard InChI is InChI=1S/C18H22ClN3O2S/c1-20-18(21-12-11-14-3-7-16(19)8-4-14)22-13-15-5-9-17(10-6-15)25(2,23)24/h3-10H,11-13H2,1-2H3,(H2,20,21,22). The molecule has 2 rings (SSSR count).